The maximum atomic E-state index is 9.85. The average Bonchev–Trinajstić information content (AvgIpc) is 2.82. The third kappa shape index (κ3) is 43.3. The molecule has 0 saturated carbocycles. The molecule has 0 amide bonds. The zero-order valence-electron chi connectivity index (χ0n) is 23.0. The number of unbranched alkanes of at least 4 members (excludes halogenated alkanes) is 18. The van der Waals surface area contributed by atoms with E-state index >= 15 is 0 Å². The van der Waals surface area contributed by atoms with E-state index in [1.165, 1.54) is 116 Å². The molecule has 0 aliphatic heterocycles. The van der Waals surface area contributed by atoms with Gasteiger partial charge in [0.15, 0.2) is 0 Å². The fourth-order valence-electron chi connectivity index (χ4n) is 3.47. The van der Waals surface area contributed by atoms with Crippen LogP contribution in [0.15, 0.2) is 0 Å². The number of nitrogens with two attached hydrogens (primary N) is 1. The summed E-state index contributed by atoms with van der Waals surface area (Å²) in [6.45, 7) is 5.26. The summed E-state index contributed by atoms with van der Waals surface area (Å²) < 4.78 is 0. The lowest BCUT2D eigenvalue weighted by Gasteiger charge is -2.00. The molecule has 212 valence electrons. The molecule has 0 unspecified atom stereocenters. The topological polar surface area (TPSA) is 141 Å². The van der Waals surface area contributed by atoms with Gasteiger partial charge >= 0.3 is 11.9 Å². The van der Waals surface area contributed by atoms with Crippen LogP contribution in [0.5, 0.6) is 0 Å². The Bertz CT molecular complexity index is 378. The van der Waals surface area contributed by atoms with Gasteiger partial charge in [-0.15, -0.1) is 0 Å². The highest BCUT2D eigenvalue weighted by atomic mass is 16.4. The first-order chi connectivity index (χ1) is 16.9. The summed E-state index contributed by atoms with van der Waals surface area (Å²) in [6, 6.07) is -1.29. The van der Waals surface area contributed by atoms with E-state index in [1.807, 2.05) is 0 Å². The number of aliphatic hydroxyl groups excluding tert-OH is 2. The van der Waals surface area contributed by atoms with Gasteiger partial charge in [-0.1, -0.05) is 129 Å². The SMILES string of the molecule is CCCCCCCCCCCCO.CCCCCCCCCCCCO.N[C@@H](CC(=O)O)C(=O)O. The van der Waals surface area contributed by atoms with Crippen molar-refractivity contribution in [1.82, 2.24) is 0 Å². The second-order valence-electron chi connectivity index (χ2n) is 9.35. The van der Waals surface area contributed by atoms with Crippen LogP contribution in [0.2, 0.25) is 0 Å². The van der Waals surface area contributed by atoms with Gasteiger partial charge in [-0.2, -0.15) is 0 Å². The molecule has 7 heteroatoms. The van der Waals surface area contributed by atoms with Gasteiger partial charge in [0.1, 0.15) is 6.04 Å². The quantitative estimate of drug-likeness (QED) is 0.0976. The van der Waals surface area contributed by atoms with Crippen molar-refractivity contribution in [2.75, 3.05) is 13.2 Å². The molecule has 35 heavy (non-hydrogen) atoms. The van der Waals surface area contributed by atoms with Crippen molar-refractivity contribution in [1.29, 1.82) is 0 Å². The van der Waals surface area contributed by atoms with Crippen molar-refractivity contribution in [3.8, 4) is 0 Å². The number of aliphatic hydroxyl groups is 2. The van der Waals surface area contributed by atoms with Crippen LogP contribution in [0.4, 0.5) is 0 Å². The summed E-state index contributed by atoms with van der Waals surface area (Å²) in [7, 11) is 0. The van der Waals surface area contributed by atoms with Gasteiger partial charge in [-0.05, 0) is 12.8 Å². The normalized spacial score (nSPS) is 11.1. The van der Waals surface area contributed by atoms with E-state index in [0.717, 1.165) is 12.8 Å². The summed E-state index contributed by atoms with van der Waals surface area (Å²) in [6.07, 6.45) is 26.1. The smallest absolute Gasteiger partial charge is 0.321 e. The lowest BCUT2D eigenvalue weighted by molar-refractivity contribution is -0.144. The van der Waals surface area contributed by atoms with Gasteiger partial charge < -0.3 is 26.2 Å². The lowest BCUT2D eigenvalue weighted by Crippen LogP contribution is -2.32. The third-order valence-electron chi connectivity index (χ3n) is 5.74. The molecule has 0 spiro atoms. The summed E-state index contributed by atoms with van der Waals surface area (Å²) >= 11 is 0. The predicted molar refractivity (Wildman–Crippen MR) is 146 cm³/mol. The minimum atomic E-state index is -1.29. The molecular formula is C28H59NO6. The van der Waals surface area contributed by atoms with E-state index in [4.69, 9.17) is 26.2 Å². The zero-order valence-corrected chi connectivity index (χ0v) is 23.0. The molecule has 0 radical (unpaired) electrons. The zero-order chi connectivity index (χ0) is 27.0. The van der Waals surface area contributed by atoms with Crippen LogP contribution in [-0.2, 0) is 9.59 Å². The van der Waals surface area contributed by atoms with Crippen LogP contribution in [0.1, 0.15) is 149 Å². The number of aliphatic carboxylic acids is 2. The second kappa shape index (κ2) is 35.0. The molecule has 0 aliphatic carbocycles. The van der Waals surface area contributed by atoms with E-state index in [2.05, 4.69) is 13.8 Å². The molecule has 0 bridgehead atoms. The number of hydrogen-bond donors (Lipinski definition) is 5. The highest BCUT2D eigenvalue weighted by Gasteiger charge is 2.14. The standard InChI is InChI=1S/2C12H26O.C4H7NO4/c2*1-2-3-4-5-6-7-8-9-10-11-12-13;5-2(4(8)9)1-3(6)7/h2*13H,2-12H2,1H3;2H,1,5H2,(H,6,7)(H,8,9)/t;;2-/m..0/s1. The Labute approximate surface area is 215 Å². The highest BCUT2D eigenvalue weighted by molar-refractivity contribution is 5.80. The molecule has 0 rings (SSSR count). The minimum Gasteiger partial charge on any atom is -0.481 e. The number of rotatable bonds is 23. The van der Waals surface area contributed by atoms with Crippen molar-refractivity contribution in [2.24, 2.45) is 5.73 Å². The molecule has 0 heterocycles. The summed E-state index contributed by atoms with van der Waals surface area (Å²) in [5, 5.41) is 33.2. The monoisotopic (exact) mass is 505 g/mol. The number of carboxylic acid groups (broad SMARTS) is 2. The molecule has 0 saturated heterocycles. The Hall–Kier alpha value is -1.18. The Morgan fingerprint density at radius 1 is 0.543 bits per heavy atom. The Morgan fingerprint density at radius 2 is 0.800 bits per heavy atom. The van der Waals surface area contributed by atoms with Gasteiger partial charge in [0.05, 0.1) is 6.42 Å². The van der Waals surface area contributed by atoms with Crippen LogP contribution >= 0.6 is 0 Å². The van der Waals surface area contributed by atoms with Crippen LogP contribution in [0, 0.1) is 0 Å². The second-order valence-corrected chi connectivity index (χ2v) is 9.35. The predicted octanol–water partition coefficient (Wildman–Crippen LogP) is 6.67. The van der Waals surface area contributed by atoms with E-state index in [-0.39, 0.29) is 0 Å². The van der Waals surface area contributed by atoms with E-state index < -0.39 is 24.4 Å². The van der Waals surface area contributed by atoms with Gasteiger partial charge in [-0.25, -0.2) is 0 Å². The molecular weight excluding hydrogens is 446 g/mol. The van der Waals surface area contributed by atoms with E-state index in [1.54, 1.807) is 0 Å². The lowest BCUT2D eigenvalue weighted by atomic mass is 10.1. The van der Waals surface area contributed by atoms with Crippen molar-refractivity contribution in [3.63, 3.8) is 0 Å². The van der Waals surface area contributed by atoms with Crippen molar-refractivity contribution in [2.45, 2.75) is 155 Å². The molecule has 0 fully saturated rings. The Morgan fingerprint density at radius 3 is 0.971 bits per heavy atom. The molecule has 0 aromatic rings. The Kier molecular flexibility index (Phi) is 38.3. The minimum absolute atomic E-state index is 0.372. The fraction of sp³-hybridized carbons (Fsp3) is 0.929. The summed E-state index contributed by atoms with van der Waals surface area (Å²) in [5.74, 6) is -2.50. The molecule has 6 N–H and O–H groups in total. The van der Waals surface area contributed by atoms with Gasteiger partial charge in [-0.3, -0.25) is 9.59 Å². The van der Waals surface area contributed by atoms with E-state index in [0.29, 0.717) is 13.2 Å². The van der Waals surface area contributed by atoms with Crippen LogP contribution in [-0.4, -0.2) is 51.6 Å². The molecule has 0 aromatic carbocycles. The van der Waals surface area contributed by atoms with Gasteiger partial charge in [0.2, 0.25) is 0 Å². The molecule has 7 nitrogen and oxygen atoms in total. The van der Waals surface area contributed by atoms with Gasteiger partial charge in [0.25, 0.3) is 0 Å². The number of hydrogen-bond acceptors (Lipinski definition) is 5. The summed E-state index contributed by atoms with van der Waals surface area (Å²) in [4.78, 5) is 19.6. The third-order valence-corrected chi connectivity index (χ3v) is 5.74. The largest absolute Gasteiger partial charge is 0.481 e. The van der Waals surface area contributed by atoms with Gasteiger partial charge in [0, 0.05) is 13.2 Å². The number of carboxylic acids is 2. The first-order valence-electron chi connectivity index (χ1n) is 14.3. The van der Waals surface area contributed by atoms with Crippen LogP contribution in [0.3, 0.4) is 0 Å². The molecule has 0 aliphatic rings. The van der Waals surface area contributed by atoms with Crippen molar-refractivity contribution < 1.29 is 30.0 Å². The van der Waals surface area contributed by atoms with Crippen molar-refractivity contribution >= 4 is 11.9 Å². The summed E-state index contributed by atoms with van der Waals surface area (Å²) in [5.41, 5.74) is 4.84. The molecule has 0 aromatic heterocycles. The Balaban J connectivity index is -0.000000448. The first kappa shape index (κ1) is 38.4. The first-order valence-corrected chi connectivity index (χ1v) is 14.3. The maximum absolute atomic E-state index is 9.85. The highest BCUT2D eigenvalue weighted by Crippen LogP contribution is 2.11. The average molecular weight is 506 g/mol. The van der Waals surface area contributed by atoms with E-state index in [9.17, 15) is 9.59 Å². The molecule has 1 atom stereocenters. The number of carbonyl (C=O) groups is 2. The van der Waals surface area contributed by atoms with Crippen molar-refractivity contribution in [3.05, 3.63) is 0 Å². The maximum Gasteiger partial charge on any atom is 0.321 e. The van der Waals surface area contributed by atoms with Crippen LogP contribution < -0.4 is 5.73 Å². The fourth-order valence-corrected chi connectivity index (χ4v) is 3.47. The van der Waals surface area contributed by atoms with Crippen LogP contribution in [0.25, 0.3) is 0 Å².